The van der Waals surface area contributed by atoms with Gasteiger partial charge in [0.15, 0.2) is 0 Å². The predicted octanol–water partition coefficient (Wildman–Crippen LogP) is -1.11. The molecule has 0 radical (unpaired) electrons. The molecule has 0 heterocycles. The number of benzene rings is 1. The van der Waals surface area contributed by atoms with E-state index >= 15 is 0 Å². The topological polar surface area (TPSA) is 310 Å². The molecule has 0 bridgehead atoms. The highest BCUT2D eigenvalue weighted by Crippen LogP contribution is 2.13. The van der Waals surface area contributed by atoms with Crippen molar-refractivity contribution in [1.82, 2.24) is 26.0 Å². The van der Waals surface area contributed by atoms with Crippen LogP contribution >= 0.6 is 0 Å². The summed E-state index contributed by atoms with van der Waals surface area (Å²) < 4.78 is 54.0. The lowest BCUT2D eigenvalue weighted by atomic mass is 10.0. The molecule has 2 atom stereocenters. The maximum absolute atomic E-state index is 13.4. The van der Waals surface area contributed by atoms with Crippen LogP contribution in [-0.2, 0) is 73.2 Å². The van der Waals surface area contributed by atoms with Gasteiger partial charge < -0.3 is 74.0 Å². The van der Waals surface area contributed by atoms with E-state index < -0.39 is 41.8 Å². The second kappa shape index (κ2) is 40.9. The Morgan fingerprint density at radius 1 is 0.597 bits per heavy atom. The van der Waals surface area contributed by atoms with Crippen LogP contribution in [-0.4, -0.2) is 204 Å². The molecule has 1 aromatic rings. The number of amides is 5. The van der Waals surface area contributed by atoms with E-state index in [1.54, 1.807) is 52.2 Å². The molecular formula is C43H79N9O15. The van der Waals surface area contributed by atoms with Crippen LogP contribution in [0.2, 0.25) is 0 Å². The molecule has 0 saturated carbocycles. The lowest BCUT2D eigenvalue weighted by Gasteiger charge is -2.25. The van der Waals surface area contributed by atoms with Gasteiger partial charge in [-0.05, 0) is 49.4 Å². The Balaban J connectivity index is 2.18. The molecule has 5 amide bonds. The molecule has 386 valence electrons. The molecule has 0 aliphatic carbocycles. The molecule has 2 unspecified atom stereocenters. The lowest BCUT2D eigenvalue weighted by Crippen LogP contribution is -2.55. The Kier molecular flexibility index (Phi) is 37.1. The zero-order valence-corrected chi connectivity index (χ0v) is 40.0. The molecule has 0 aromatic heterocycles. The smallest absolute Gasteiger partial charge is 0.409 e. The summed E-state index contributed by atoms with van der Waals surface area (Å²) in [5.41, 5.74) is 8.86. The zero-order chi connectivity index (χ0) is 49.3. The number of anilines is 1. The fourth-order valence-corrected chi connectivity index (χ4v) is 5.37. The Bertz CT molecular complexity index is 1450. The number of hydrogen-bond acceptors (Lipinski definition) is 19. The minimum absolute atomic E-state index is 0.0414. The molecule has 1 rings (SSSR count). The van der Waals surface area contributed by atoms with E-state index in [1.165, 1.54) is 9.91 Å². The molecule has 10 N–H and O–H groups in total. The number of likely N-dealkylation sites (N-methyl/N-ethyl adjacent to an activating group) is 2. The van der Waals surface area contributed by atoms with Crippen molar-refractivity contribution in [3.63, 3.8) is 0 Å². The summed E-state index contributed by atoms with van der Waals surface area (Å²) in [6.45, 7) is 10.5. The number of carbonyl (C=O) groups excluding carboxylic acids is 5. The van der Waals surface area contributed by atoms with Crippen LogP contribution in [0.15, 0.2) is 24.3 Å². The molecule has 0 fully saturated rings. The number of nitrogens with zero attached hydrogens (tertiary/aromatic N) is 2. The summed E-state index contributed by atoms with van der Waals surface area (Å²) in [5.74, 6) is 8.45. The molecule has 24 heteroatoms. The van der Waals surface area contributed by atoms with Crippen LogP contribution in [0.25, 0.3) is 0 Å². The second-order valence-corrected chi connectivity index (χ2v) is 15.2. The van der Waals surface area contributed by atoms with Crippen molar-refractivity contribution < 1.29 is 71.3 Å². The summed E-state index contributed by atoms with van der Waals surface area (Å²) in [5, 5.41) is 9.84. The van der Waals surface area contributed by atoms with Crippen molar-refractivity contribution in [2.24, 2.45) is 23.3 Å². The normalized spacial score (nSPS) is 12.2. The maximum atomic E-state index is 13.4. The summed E-state index contributed by atoms with van der Waals surface area (Å²) in [6.07, 6.45) is 1.10. The van der Waals surface area contributed by atoms with Crippen LogP contribution in [0.1, 0.15) is 38.7 Å². The summed E-state index contributed by atoms with van der Waals surface area (Å²) in [4.78, 5) is 64.1. The SMILES string of the molecule is CC(C)C(NC(=O)COCCOCCOCCOCCOCCOCCOCCOCCOCC(=O)NN)C(=O)NC(CCCCN)C(=O)Nc1ccc(COC(=O)N(C)CCN(C)N)cc1. The molecule has 0 aliphatic heterocycles. The lowest BCUT2D eigenvalue weighted by molar-refractivity contribution is -0.134. The third kappa shape index (κ3) is 33.9. The summed E-state index contributed by atoms with van der Waals surface area (Å²) >= 11 is 0. The van der Waals surface area contributed by atoms with Crippen LogP contribution in [0.5, 0.6) is 0 Å². The zero-order valence-electron chi connectivity index (χ0n) is 40.0. The molecule has 0 spiro atoms. The first-order valence-corrected chi connectivity index (χ1v) is 22.6. The van der Waals surface area contributed by atoms with Gasteiger partial charge in [0.05, 0.1) is 106 Å². The third-order valence-corrected chi connectivity index (χ3v) is 9.13. The average Bonchev–Trinajstić information content (AvgIpc) is 3.31. The average molecular weight is 962 g/mol. The highest BCUT2D eigenvalue weighted by molar-refractivity contribution is 5.98. The van der Waals surface area contributed by atoms with Crippen LogP contribution in [0.3, 0.4) is 0 Å². The molecule has 67 heavy (non-hydrogen) atoms. The number of hydrogen-bond donors (Lipinski definition) is 7. The van der Waals surface area contributed by atoms with E-state index in [1.807, 2.05) is 5.43 Å². The number of hydrazine groups is 2. The number of carbonyl (C=O) groups is 5. The Morgan fingerprint density at radius 2 is 1.04 bits per heavy atom. The fraction of sp³-hybridized carbons (Fsp3) is 0.744. The third-order valence-electron chi connectivity index (χ3n) is 9.13. The van der Waals surface area contributed by atoms with E-state index in [-0.39, 0.29) is 45.6 Å². The van der Waals surface area contributed by atoms with Crippen LogP contribution in [0.4, 0.5) is 10.5 Å². The number of nitrogens with one attached hydrogen (secondary N) is 4. The van der Waals surface area contributed by atoms with Gasteiger partial charge in [-0.3, -0.25) is 30.4 Å². The van der Waals surface area contributed by atoms with Crippen molar-refractivity contribution in [2.75, 3.05) is 158 Å². The van der Waals surface area contributed by atoms with Crippen molar-refractivity contribution in [3.05, 3.63) is 29.8 Å². The molecule has 0 saturated heterocycles. The quantitative estimate of drug-likeness (QED) is 0.0177. The summed E-state index contributed by atoms with van der Waals surface area (Å²) in [7, 11) is 3.33. The monoisotopic (exact) mass is 962 g/mol. The predicted molar refractivity (Wildman–Crippen MR) is 246 cm³/mol. The van der Waals surface area contributed by atoms with Gasteiger partial charge in [-0.15, -0.1) is 0 Å². The number of ether oxygens (including phenoxy) is 10. The van der Waals surface area contributed by atoms with Crippen molar-refractivity contribution >= 4 is 35.4 Å². The van der Waals surface area contributed by atoms with E-state index in [0.717, 1.165) is 5.56 Å². The van der Waals surface area contributed by atoms with E-state index in [2.05, 4.69) is 16.0 Å². The first kappa shape index (κ1) is 60.9. The van der Waals surface area contributed by atoms with Gasteiger partial charge in [-0.1, -0.05) is 26.0 Å². The van der Waals surface area contributed by atoms with Crippen molar-refractivity contribution in [2.45, 2.75) is 51.8 Å². The van der Waals surface area contributed by atoms with Crippen LogP contribution < -0.4 is 38.8 Å². The minimum atomic E-state index is -0.919. The van der Waals surface area contributed by atoms with Crippen molar-refractivity contribution in [3.8, 4) is 0 Å². The van der Waals surface area contributed by atoms with E-state index in [4.69, 9.17) is 64.8 Å². The van der Waals surface area contributed by atoms with Gasteiger partial charge >= 0.3 is 6.09 Å². The molecule has 0 aliphatic rings. The Morgan fingerprint density at radius 3 is 1.46 bits per heavy atom. The molecule has 24 nitrogen and oxygen atoms in total. The standard InChI is InChI=1S/C43H79N9O15/c1-34(2)40(42(56)48-37(7-5-6-12-44)41(55)47-36-10-8-35(9-11-36)31-67-43(57)51(3)13-14-52(4)46)49-38(53)32-65-29-27-63-25-23-61-21-19-59-17-15-58-16-18-60-20-22-62-24-26-64-28-30-66-33-39(54)50-45/h8-11,34,37,40H,5-7,12-33,44-46H2,1-4H3,(H,47,55)(H,48,56)(H,49,53)(H,50,54). The molecular weight excluding hydrogens is 883 g/mol. The number of rotatable bonds is 43. The van der Waals surface area contributed by atoms with E-state index in [0.29, 0.717) is 130 Å². The Hall–Kier alpha value is -4.15. The highest BCUT2D eigenvalue weighted by atomic mass is 16.6. The van der Waals surface area contributed by atoms with E-state index in [9.17, 15) is 24.0 Å². The van der Waals surface area contributed by atoms with Crippen LogP contribution in [0, 0.1) is 5.92 Å². The van der Waals surface area contributed by atoms with Gasteiger partial charge in [0.2, 0.25) is 17.7 Å². The largest absolute Gasteiger partial charge is 0.445 e. The first-order valence-electron chi connectivity index (χ1n) is 22.6. The summed E-state index contributed by atoms with van der Waals surface area (Å²) in [6, 6.07) is 5.00. The number of unbranched alkanes of at least 4 members (excludes halogenated alkanes) is 1. The Labute approximate surface area is 395 Å². The first-order chi connectivity index (χ1) is 32.4. The van der Waals surface area contributed by atoms with Gasteiger partial charge in [0.25, 0.3) is 5.91 Å². The van der Waals surface area contributed by atoms with Gasteiger partial charge in [-0.25, -0.2) is 15.6 Å². The maximum Gasteiger partial charge on any atom is 0.409 e. The van der Waals surface area contributed by atoms with Gasteiger partial charge in [0.1, 0.15) is 31.9 Å². The highest BCUT2D eigenvalue weighted by Gasteiger charge is 2.29. The number of nitrogens with two attached hydrogens (primary N) is 3. The van der Waals surface area contributed by atoms with Crippen molar-refractivity contribution in [1.29, 1.82) is 0 Å². The minimum Gasteiger partial charge on any atom is -0.445 e. The van der Waals surface area contributed by atoms with Gasteiger partial charge in [0, 0.05) is 32.9 Å². The fourth-order valence-electron chi connectivity index (χ4n) is 5.37. The molecule has 1 aromatic carbocycles. The second-order valence-electron chi connectivity index (χ2n) is 15.2. The van der Waals surface area contributed by atoms with Gasteiger partial charge in [-0.2, -0.15) is 0 Å².